The van der Waals surface area contributed by atoms with Gasteiger partial charge in [0.15, 0.2) is 0 Å². The summed E-state index contributed by atoms with van der Waals surface area (Å²) in [6.07, 6.45) is 1.04. The average Bonchev–Trinajstić information content (AvgIpc) is 2.97. The molecule has 1 aliphatic heterocycles. The molecule has 2 N–H and O–H groups in total. The van der Waals surface area contributed by atoms with Crippen molar-refractivity contribution in [2.75, 3.05) is 11.4 Å². The Morgan fingerprint density at radius 3 is 3.24 bits per heavy atom. The van der Waals surface area contributed by atoms with Crippen molar-refractivity contribution in [1.82, 2.24) is 10.2 Å². The number of hydrogen-bond acceptors (Lipinski definition) is 6. The minimum absolute atomic E-state index is 0.288. The van der Waals surface area contributed by atoms with Crippen LogP contribution in [0.3, 0.4) is 0 Å². The fourth-order valence-electron chi connectivity index (χ4n) is 2.21. The van der Waals surface area contributed by atoms with Crippen molar-refractivity contribution in [3.05, 3.63) is 27.8 Å². The molecule has 0 bridgehead atoms. The van der Waals surface area contributed by atoms with Crippen molar-refractivity contribution in [2.24, 2.45) is 5.73 Å². The van der Waals surface area contributed by atoms with Gasteiger partial charge in [-0.25, -0.2) is 0 Å². The van der Waals surface area contributed by atoms with Gasteiger partial charge in [-0.1, -0.05) is 5.10 Å². The predicted molar refractivity (Wildman–Crippen MR) is 66.0 cm³/mol. The fraction of sp³-hybridized carbons (Fsp3) is 0.455. The van der Waals surface area contributed by atoms with E-state index in [-0.39, 0.29) is 6.04 Å². The fourth-order valence-corrected chi connectivity index (χ4v) is 3.18. The second-order valence-electron chi connectivity index (χ2n) is 4.10. The van der Waals surface area contributed by atoms with Gasteiger partial charge >= 0.3 is 6.01 Å². The lowest BCUT2D eigenvalue weighted by Crippen LogP contribution is -2.33. The molecule has 0 radical (unpaired) electrons. The Morgan fingerprint density at radius 2 is 2.47 bits per heavy atom. The highest BCUT2D eigenvalue weighted by Gasteiger charge is 2.28. The van der Waals surface area contributed by atoms with E-state index >= 15 is 0 Å². The molecule has 6 heteroatoms. The highest BCUT2D eigenvalue weighted by atomic mass is 32.1. The second kappa shape index (κ2) is 4.12. The summed E-state index contributed by atoms with van der Waals surface area (Å²) < 4.78 is 5.52. The molecule has 0 saturated carbocycles. The first-order valence-electron chi connectivity index (χ1n) is 5.65. The lowest BCUT2D eigenvalue weighted by Gasteiger charge is -2.31. The molecule has 0 fully saturated rings. The van der Waals surface area contributed by atoms with E-state index in [0.29, 0.717) is 18.5 Å². The van der Waals surface area contributed by atoms with Crippen molar-refractivity contribution in [2.45, 2.75) is 25.9 Å². The molecule has 0 aliphatic carbocycles. The number of anilines is 1. The minimum Gasteiger partial charge on any atom is -0.407 e. The largest absolute Gasteiger partial charge is 0.407 e. The van der Waals surface area contributed by atoms with Crippen molar-refractivity contribution in [3.63, 3.8) is 0 Å². The van der Waals surface area contributed by atoms with E-state index in [9.17, 15) is 0 Å². The molecule has 0 spiro atoms. The molecule has 0 saturated heterocycles. The first-order valence-corrected chi connectivity index (χ1v) is 6.53. The number of thiophene rings is 1. The molecule has 3 rings (SSSR count). The van der Waals surface area contributed by atoms with Gasteiger partial charge in [-0.2, -0.15) is 0 Å². The van der Waals surface area contributed by atoms with Crippen LogP contribution in [0.2, 0.25) is 0 Å². The van der Waals surface area contributed by atoms with E-state index < -0.39 is 0 Å². The standard InChI is InChI=1S/C11H14N4OS/c1-7-8-3-5-17-9(8)2-4-15(7)11-14-13-10(6-12)16-11/h3,5,7H,2,4,6,12H2,1H3. The van der Waals surface area contributed by atoms with Crippen LogP contribution in [0.15, 0.2) is 15.9 Å². The van der Waals surface area contributed by atoms with Crippen molar-refractivity contribution >= 4 is 17.4 Å². The Morgan fingerprint density at radius 1 is 1.59 bits per heavy atom. The van der Waals surface area contributed by atoms with E-state index in [2.05, 4.69) is 33.5 Å². The summed E-state index contributed by atoms with van der Waals surface area (Å²) in [4.78, 5) is 3.61. The number of hydrogen-bond donors (Lipinski definition) is 1. The lowest BCUT2D eigenvalue weighted by atomic mass is 10.0. The molecule has 1 unspecified atom stereocenters. The third kappa shape index (κ3) is 1.73. The summed E-state index contributed by atoms with van der Waals surface area (Å²) in [5.41, 5.74) is 6.84. The van der Waals surface area contributed by atoms with E-state index in [0.717, 1.165) is 13.0 Å². The molecule has 0 aromatic carbocycles. The summed E-state index contributed by atoms with van der Waals surface area (Å²) in [6, 6.07) is 3.04. The summed E-state index contributed by atoms with van der Waals surface area (Å²) in [6.45, 7) is 3.37. The predicted octanol–water partition coefficient (Wildman–Crippen LogP) is 1.71. The molecule has 2 aromatic heterocycles. The molecule has 17 heavy (non-hydrogen) atoms. The molecular weight excluding hydrogens is 236 g/mol. The van der Waals surface area contributed by atoms with E-state index in [4.69, 9.17) is 10.2 Å². The number of nitrogens with two attached hydrogens (primary N) is 1. The van der Waals surface area contributed by atoms with Gasteiger partial charge in [0, 0.05) is 11.4 Å². The molecule has 90 valence electrons. The van der Waals surface area contributed by atoms with Gasteiger partial charge < -0.3 is 15.1 Å². The van der Waals surface area contributed by atoms with Crippen LogP contribution >= 0.6 is 11.3 Å². The van der Waals surface area contributed by atoms with Crippen LogP contribution in [-0.4, -0.2) is 16.7 Å². The highest BCUT2D eigenvalue weighted by Crippen LogP contribution is 2.35. The minimum atomic E-state index is 0.288. The third-order valence-electron chi connectivity index (χ3n) is 3.15. The Balaban J connectivity index is 1.91. The van der Waals surface area contributed by atoms with Gasteiger partial charge in [0.2, 0.25) is 5.89 Å². The van der Waals surface area contributed by atoms with Crippen LogP contribution in [0.5, 0.6) is 0 Å². The van der Waals surface area contributed by atoms with Crippen LogP contribution in [-0.2, 0) is 13.0 Å². The first-order chi connectivity index (χ1) is 8.29. The van der Waals surface area contributed by atoms with Crippen LogP contribution in [0.1, 0.15) is 29.3 Å². The number of nitrogens with zero attached hydrogens (tertiary/aromatic N) is 3. The second-order valence-corrected chi connectivity index (χ2v) is 5.10. The van der Waals surface area contributed by atoms with Crippen molar-refractivity contribution in [1.29, 1.82) is 0 Å². The summed E-state index contributed by atoms with van der Waals surface area (Å²) >= 11 is 1.82. The van der Waals surface area contributed by atoms with Crippen molar-refractivity contribution < 1.29 is 4.42 Å². The monoisotopic (exact) mass is 250 g/mol. The quantitative estimate of drug-likeness (QED) is 0.878. The number of aromatic nitrogens is 2. The Kier molecular flexibility index (Phi) is 2.60. The maximum Gasteiger partial charge on any atom is 0.318 e. The lowest BCUT2D eigenvalue weighted by molar-refractivity contribution is 0.464. The Hall–Kier alpha value is -1.40. The zero-order valence-corrected chi connectivity index (χ0v) is 10.4. The molecule has 1 aliphatic rings. The smallest absolute Gasteiger partial charge is 0.318 e. The maximum absolute atomic E-state index is 5.52. The van der Waals surface area contributed by atoms with E-state index in [1.54, 1.807) is 0 Å². The molecule has 1 atom stereocenters. The normalized spacial score (nSPS) is 19.4. The molecule has 3 heterocycles. The van der Waals surface area contributed by atoms with Gasteiger partial charge in [-0.3, -0.25) is 0 Å². The molecule has 5 nitrogen and oxygen atoms in total. The Labute approximate surface area is 103 Å². The first kappa shape index (κ1) is 10.7. The van der Waals surface area contributed by atoms with Gasteiger partial charge in [0.25, 0.3) is 0 Å². The average molecular weight is 250 g/mol. The number of fused-ring (bicyclic) bond motifs is 1. The van der Waals surface area contributed by atoms with Gasteiger partial charge in [0.1, 0.15) is 0 Å². The van der Waals surface area contributed by atoms with Crippen LogP contribution in [0.25, 0.3) is 0 Å². The Bertz CT molecular complexity index is 521. The number of rotatable bonds is 2. The molecule has 0 amide bonds. The van der Waals surface area contributed by atoms with Crippen LogP contribution in [0, 0.1) is 0 Å². The van der Waals surface area contributed by atoms with Gasteiger partial charge in [0.05, 0.1) is 12.6 Å². The van der Waals surface area contributed by atoms with Gasteiger partial charge in [-0.05, 0) is 30.4 Å². The summed E-state index contributed by atoms with van der Waals surface area (Å²) in [5, 5.41) is 10.1. The highest BCUT2D eigenvalue weighted by molar-refractivity contribution is 7.10. The van der Waals surface area contributed by atoms with E-state index in [1.807, 2.05) is 11.3 Å². The summed E-state index contributed by atoms with van der Waals surface area (Å²) in [5.74, 6) is 0.489. The molecular formula is C11H14N4OS. The van der Waals surface area contributed by atoms with Gasteiger partial charge in [-0.15, -0.1) is 16.4 Å². The maximum atomic E-state index is 5.52. The third-order valence-corrected chi connectivity index (χ3v) is 4.15. The van der Waals surface area contributed by atoms with Crippen molar-refractivity contribution in [3.8, 4) is 0 Å². The van der Waals surface area contributed by atoms with Crippen LogP contribution < -0.4 is 10.6 Å². The molecule has 2 aromatic rings. The van der Waals surface area contributed by atoms with Crippen LogP contribution in [0.4, 0.5) is 6.01 Å². The zero-order valence-electron chi connectivity index (χ0n) is 9.59. The van der Waals surface area contributed by atoms with E-state index in [1.165, 1.54) is 10.4 Å². The topological polar surface area (TPSA) is 68.2 Å². The zero-order chi connectivity index (χ0) is 11.8. The summed E-state index contributed by atoms with van der Waals surface area (Å²) in [7, 11) is 0. The SMILES string of the molecule is CC1c2ccsc2CCN1c1nnc(CN)o1.